The van der Waals surface area contributed by atoms with Gasteiger partial charge in [-0.2, -0.15) is 16.8 Å². The number of aliphatic hydroxyl groups excluding tert-OH is 2. The Bertz CT molecular complexity index is 325. The van der Waals surface area contributed by atoms with Gasteiger partial charge in [-0.25, -0.2) is 0 Å². The van der Waals surface area contributed by atoms with Gasteiger partial charge in [-0.3, -0.25) is 9.11 Å². The number of hydrogen-bond acceptors (Lipinski definition) is 6. The predicted molar refractivity (Wildman–Crippen MR) is 67.6 cm³/mol. The van der Waals surface area contributed by atoms with E-state index in [1.807, 2.05) is 0 Å². The van der Waals surface area contributed by atoms with Crippen molar-refractivity contribution in [2.24, 2.45) is 0 Å². The molecule has 0 aromatic heterocycles. The van der Waals surface area contributed by atoms with Crippen LogP contribution < -0.4 is 0 Å². The molecule has 0 aliphatic carbocycles. The van der Waals surface area contributed by atoms with Crippen molar-refractivity contribution in [2.75, 3.05) is 18.1 Å². The molecule has 0 saturated carbocycles. The highest BCUT2D eigenvalue weighted by Gasteiger charge is 1.94. The average Bonchev–Trinajstić information content (AvgIpc) is 2.17. The Hall–Kier alpha value is -0.260. The third-order valence-electron chi connectivity index (χ3n) is 1.28. The highest BCUT2D eigenvalue weighted by molar-refractivity contribution is 7.85. The maximum Gasteiger partial charge on any atom is 0.264 e. The summed E-state index contributed by atoms with van der Waals surface area (Å²) in [6.07, 6.45) is 0.134. The summed E-state index contributed by atoms with van der Waals surface area (Å²) in [5.41, 5.74) is 0. The molecule has 0 bridgehead atoms. The van der Waals surface area contributed by atoms with Crippen LogP contribution in [0.1, 0.15) is 27.2 Å². The van der Waals surface area contributed by atoms with Gasteiger partial charge in [-0.05, 0) is 27.2 Å². The molecule has 18 heavy (non-hydrogen) atoms. The van der Waals surface area contributed by atoms with E-state index in [1.165, 1.54) is 13.8 Å². The first-order chi connectivity index (χ1) is 7.89. The van der Waals surface area contributed by atoms with Gasteiger partial charge >= 0.3 is 0 Å². The van der Waals surface area contributed by atoms with Crippen molar-refractivity contribution in [3.05, 3.63) is 0 Å². The first kappa shape index (κ1) is 22.9. The molecule has 0 aliphatic rings. The van der Waals surface area contributed by atoms with E-state index < -0.39 is 20.2 Å². The summed E-state index contributed by atoms with van der Waals surface area (Å²) >= 11 is 0. The van der Waals surface area contributed by atoms with Gasteiger partial charge in [-0.15, -0.1) is 0 Å². The Kier molecular flexibility index (Phi) is 15.0. The van der Waals surface area contributed by atoms with Crippen LogP contribution >= 0.6 is 0 Å². The molecule has 0 spiro atoms. The lowest BCUT2D eigenvalue weighted by atomic mass is 10.3. The minimum Gasteiger partial charge on any atom is -0.396 e. The second-order valence-corrected chi connectivity index (χ2v) is 6.58. The van der Waals surface area contributed by atoms with Crippen LogP contribution in [0.25, 0.3) is 0 Å². The van der Waals surface area contributed by atoms with Crippen LogP contribution in [-0.2, 0) is 20.2 Å². The van der Waals surface area contributed by atoms with Crippen LogP contribution in [0.5, 0.6) is 0 Å². The van der Waals surface area contributed by atoms with Crippen molar-refractivity contribution in [1.29, 1.82) is 0 Å². The second kappa shape index (κ2) is 11.8. The van der Waals surface area contributed by atoms with E-state index >= 15 is 0 Å². The first-order valence-corrected chi connectivity index (χ1v) is 8.30. The molecular weight excluding hydrogens is 288 g/mol. The molecule has 10 heteroatoms. The van der Waals surface area contributed by atoms with E-state index in [4.69, 9.17) is 19.3 Å². The molecule has 1 unspecified atom stereocenters. The van der Waals surface area contributed by atoms with E-state index in [-0.39, 0.29) is 24.2 Å². The van der Waals surface area contributed by atoms with Gasteiger partial charge in [0.2, 0.25) is 0 Å². The van der Waals surface area contributed by atoms with Crippen molar-refractivity contribution in [2.45, 2.75) is 33.3 Å². The fraction of sp³-hybridized carbons (Fsp3) is 1.00. The number of hydrogen-bond donors (Lipinski definition) is 4. The van der Waals surface area contributed by atoms with E-state index in [9.17, 15) is 16.8 Å². The van der Waals surface area contributed by atoms with Crippen molar-refractivity contribution in [1.82, 2.24) is 0 Å². The fourth-order valence-electron chi connectivity index (χ4n) is 0.187. The van der Waals surface area contributed by atoms with Crippen LogP contribution in [-0.4, -0.2) is 60.4 Å². The van der Waals surface area contributed by atoms with Crippen molar-refractivity contribution < 1.29 is 36.2 Å². The van der Waals surface area contributed by atoms with Gasteiger partial charge in [0, 0.05) is 6.61 Å². The van der Waals surface area contributed by atoms with Gasteiger partial charge in [0.15, 0.2) is 0 Å². The SMILES string of the molecule is CC(O)CCO.CCS(=O)(=O)O.CCS(=O)(=O)O. The van der Waals surface area contributed by atoms with E-state index in [0.717, 1.165) is 0 Å². The molecular formula is C8H22O8S2. The van der Waals surface area contributed by atoms with Gasteiger partial charge in [0.25, 0.3) is 20.2 Å². The third kappa shape index (κ3) is 44.8. The molecule has 0 fully saturated rings. The lowest BCUT2D eigenvalue weighted by molar-refractivity contribution is 0.148. The van der Waals surface area contributed by atoms with Crippen molar-refractivity contribution in [3.63, 3.8) is 0 Å². The molecule has 0 rings (SSSR count). The summed E-state index contributed by atoms with van der Waals surface area (Å²) in [5.74, 6) is -0.403. The molecule has 114 valence electrons. The minimum atomic E-state index is -3.66. The average molecular weight is 310 g/mol. The minimum absolute atomic E-state index is 0.0810. The molecule has 0 aliphatic heterocycles. The Morgan fingerprint density at radius 3 is 1.17 bits per heavy atom. The van der Waals surface area contributed by atoms with E-state index in [2.05, 4.69) is 0 Å². The Labute approximate surface area is 108 Å². The zero-order chi connectivity index (χ0) is 15.4. The quantitative estimate of drug-likeness (QED) is 0.509. The first-order valence-electron chi connectivity index (χ1n) is 5.08. The van der Waals surface area contributed by atoms with Crippen LogP contribution in [0.3, 0.4) is 0 Å². The van der Waals surface area contributed by atoms with Gasteiger partial charge in [-0.1, -0.05) is 0 Å². The molecule has 0 aromatic carbocycles. The molecule has 8 nitrogen and oxygen atoms in total. The second-order valence-electron chi connectivity index (χ2n) is 3.10. The monoisotopic (exact) mass is 310 g/mol. The highest BCUT2D eigenvalue weighted by Crippen LogP contribution is 1.83. The van der Waals surface area contributed by atoms with E-state index in [0.29, 0.717) is 6.42 Å². The predicted octanol–water partition coefficient (Wildman–Crippen LogP) is -0.462. The summed E-state index contributed by atoms with van der Waals surface area (Å²) in [6.45, 7) is 4.47. The maximum atomic E-state index is 9.56. The smallest absolute Gasteiger partial charge is 0.264 e. The van der Waals surface area contributed by atoms with Crippen LogP contribution in [0.2, 0.25) is 0 Å². The molecule has 0 amide bonds. The van der Waals surface area contributed by atoms with Crippen LogP contribution in [0, 0.1) is 0 Å². The summed E-state index contributed by atoms with van der Waals surface area (Å²) in [7, 11) is -7.32. The van der Waals surface area contributed by atoms with Gasteiger partial charge < -0.3 is 10.2 Å². The van der Waals surface area contributed by atoms with Crippen molar-refractivity contribution in [3.8, 4) is 0 Å². The van der Waals surface area contributed by atoms with Gasteiger partial charge in [0.1, 0.15) is 0 Å². The largest absolute Gasteiger partial charge is 0.396 e. The highest BCUT2D eigenvalue weighted by atomic mass is 32.2. The topological polar surface area (TPSA) is 149 Å². The zero-order valence-electron chi connectivity index (χ0n) is 10.6. The standard InChI is InChI=1S/C4H10O2.2C2H6O3S/c1-4(6)2-3-5;2*1-2-6(3,4)5/h4-6H,2-3H2,1H3;2*2H2,1H3,(H,3,4,5). The number of rotatable bonds is 4. The number of aliphatic hydroxyl groups is 2. The molecule has 0 radical (unpaired) electrons. The lowest BCUT2D eigenvalue weighted by Crippen LogP contribution is -2.00. The zero-order valence-corrected chi connectivity index (χ0v) is 12.3. The van der Waals surface area contributed by atoms with Crippen LogP contribution in [0.4, 0.5) is 0 Å². The Morgan fingerprint density at radius 2 is 1.17 bits per heavy atom. The molecule has 0 saturated heterocycles. The third-order valence-corrected chi connectivity index (χ3v) is 2.74. The lowest BCUT2D eigenvalue weighted by Gasteiger charge is -1.95. The normalized spacial score (nSPS) is 12.6. The maximum absolute atomic E-state index is 9.56. The van der Waals surface area contributed by atoms with E-state index in [1.54, 1.807) is 6.92 Å². The molecule has 1 atom stereocenters. The van der Waals surface area contributed by atoms with Crippen molar-refractivity contribution >= 4 is 20.2 Å². The van der Waals surface area contributed by atoms with Crippen LogP contribution in [0.15, 0.2) is 0 Å². The Balaban J connectivity index is -0.000000187. The molecule has 4 N–H and O–H groups in total. The summed E-state index contributed by atoms with van der Waals surface area (Å²) in [5, 5.41) is 16.5. The van der Waals surface area contributed by atoms with Gasteiger partial charge in [0.05, 0.1) is 17.6 Å². The Morgan fingerprint density at radius 1 is 0.944 bits per heavy atom. The molecule has 0 aromatic rings. The summed E-state index contributed by atoms with van der Waals surface area (Å²) < 4.78 is 53.8. The summed E-state index contributed by atoms with van der Waals surface area (Å²) in [4.78, 5) is 0. The molecule has 0 heterocycles. The fourth-order valence-corrected chi connectivity index (χ4v) is 0.187. The summed E-state index contributed by atoms with van der Waals surface area (Å²) in [6, 6.07) is 0.